The standard InChI is InChI=1S/C19H20N2O4/c1-3-14-4-8-17(9-5-14)21-18(23)12-25-19(24)15-6-10-16(11-7-15)20-13(2)22/h4-11H,3,12H2,1-2H3,(H,20,22)(H,21,23). The molecule has 0 bridgehead atoms. The van der Waals surface area contributed by atoms with Gasteiger partial charge in [-0.15, -0.1) is 0 Å². The van der Waals surface area contributed by atoms with Crippen LogP contribution in [0.25, 0.3) is 0 Å². The lowest BCUT2D eigenvalue weighted by molar-refractivity contribution is -0.119. The van der Waals surface area contributed by atoms with Gasteiger partial charge in [0.1, 0.15) is 0 Å². The number of anilines is 2. The van der Waals surface area contributed by atoms with Gasteiger partial charge in [-0.1, -0.05) is 19.1 Å². The molecule has 0 spiro atoms. The molecule has 2 amide bonds. The van der Waals surface area contributed by atoms with Crippen molar-refractivity contribution in [3.63, 3.8) is 0 Å². The molecule has 0 aliphatic rings. The van der Waals surface area contributed by atoms with Crippen LogP contribution in [0.2, 0.25) is 0 Å². The van der Waals surface area contributed by atoms with Crippen LogP contribution in [0.5, 0.6) is 0 Å². The minimum Gasteiger partial charge on any atom is -0.452 e. The summed E-state index contributed by atoms with van der Waals surface area (Å²) in [6.07, 6.45) is 0.923. The van der Waals surface area contributed by atoms with E-state index in [1.165, 1.54) is 24.6 Å². The fourth-order valence-corrected chi connectivity index (χ4v) is 2.13. The van der Waals surface area contributed by atoms with Crippen molar-refractivity contribution in [1.29, 1.82) is 0 Å². The molecule has 0 fully saturated rings. The number of carbonyl (C=O) groups is 3. The maximum Gasteiger partial charge on any atom is 0.338 e. The monoisotopic (exact) mass is 340 g/mol. The van der Waals surface area contributed by atoms with Crippen molar-refractivity contribution in [1.82, 2.24) is 0 Å². The highest BCUT2D eigenvalue weighted by atomic mass is 16.5. The lowest BCUT2D eigenvalue weighted by Gasteiger charge is -2.08. The van der Waals surface area contributed by atoms with E-state index in [2.05, 4.69) is 17.6 Å². The molecule has 2 rings (SSSR count). The molecule has 25 heavy (non-hydrogen) atoms. The molecule has 0 radical (unpaired) electrons. The fourth-order valence-electron chi connectivity index (χ4n) is 2.13. The van der Waals surface area contributed by atoms with Gasteiger partial charge in [0.15, 0.2) is 6.61 Å². The molecule has 2 N–H and O–H groups in total. The molecule has 0 heterocycles. The summed E-state index contributed by atoms with van der Waals surface area (Å²) in [5.41, 5.74) is 2.71. The second kappa shape index (κ2) is 8.63. The van der Waals surface area contributed by atoms with Gasteiger partial charge in [-0.3, -0.25) is 9.59 Å². The predicted octanol–water partition coefficient (Wildman–Crippen LogP) is 3.00. The van der Waals surface area contributed by atoms with Gasteiger partial charge in [0.25, 0.3) is 5.91 Å². The van der Waals surface area contributed by atoms with Gasteiger partial charge in [0.05, 0.1) is 5.56 Å². The van der Waals surface area contributed by atoms with Crippen LogP contribution in [0.15, 0.2) is 48.5 Å². The largest absolute Gasteiger partial charge is 0.452 e. The van der Waals surface area contributed by atoms with Crippen LogP contribution >= 0.6 is 0 Å². The Morgan fingerprint density at radius 3 is 2.00 bits per heavy atom. The molecule has 0 aliphatic carbocycles. The van der Waals surface area contributed by atoms with Crippen LogP contribution in [-0.2, 0) is 20.7 Å². The summed E-state index contributed by atoms with van der Waals surface area (Å²) < 4.78 is 4.99. The average molecular weight is 340 g/mol. The number of benzene rings is 2. The van der Waals surface area contributed by atoms with Crippen LogP contribution in [0.3, 0.4) is 0 Å². The molecule has 2 aromatic carbocycles. The van der Waals surface area contributed by atoms with Gasteiger partial charge in [0.2, 0.25) is 5.91 Å². The molecular formula is C19H20N2O4. The Balaban J connectivity index is 1.83. The highest BCUT2D eigenvalue weighted by molar-refractivity contribution is 5.96. The summed E-state index contributed by atoms with van der Waals surface area (Å²) >= 11 is 0. The van der Waals surface area contributed by atoms with Crippen LogP contribution < -0.4 is 10.6 Å². The Labute approximate surface area is 146 Å². The van der Waals surface area contributed by atoms with Gasteiger partial charge in [0, 0.05) is 18.3 Å². The van der Waals surface area contributed by atoms with Crippen LogP contribution in [0.1, 0.15) is 29.8 Å². The Morgan fingerprint density at radius 2 is 1.44 bits per heavy atom. The number of ether oxygens (including phenoxy) is 1. The maximum atomic E-state index is 11.9. The van der Waals surface area contributed by atoms with Gasteiger partial charge in [-0.05, 0) is 48.4 Å². The smallest absolute Gasteiger partial charge is 0.338 e. The zero-order valence-electron chi connectivity index (χ0n) is 14.2. The quantitative estimate of drug-likeness (QED) is 0.792. The van der Waals surface area contributed by atoms with E-state index in [1.807, 2.05) is 12.1 Å². The molecule has 6 nitrogen and oxygen atoms in total. The first-order chi connectivity index (χ1) is 12.0. The third-order valence-electron chi connectivity index (χ3n) is 3.42. The molecule has 0 saturated carbocycles. The van der Waals surface area contributed by atoms with E-state index >= 15 is 0 Å². The number of carbonyl (C=O) groups excluding carboxylic acids is 3. The lowest BCUT2D eigenvalue weighted by Crippen LogP contribution is -2.20. The first-order valence-corrected chi connectivity index (χ1v) is 7.91. The summed E-state index contributed by atoms with van der Waals surface area (Å²) in [6.45, 7) is 3.08. The Kier molecular flexibility index (Phi) is 6.28. The third kappa shape index (κ3) is 5.76. The van der Waals surface area contributed by atoms with Crippen molar-refractivity contribution in [2.24, 2.45) is 0 Å². The minimum absolute atomic E-state index is 0.195. The Hall–Kier alpha value is -3.15. The van der Waals surface area contributed by atoms with E-state index in [0.717, 1.165) is 6.42 Å². The molecule has 0 aliphatic heterocycles. The maximum absolute atomic E-state index is 11.9. The molecule has 6 heteroatoms. The summed E-state index contributed by atoms with van der Waals surface area (Å²) in [4.78, 5) is 34.7. The number of amides is 2. The van der Waals surface area contributed by atoms with Crippen LogP contribution in [0.4, 0.5) is 11.4 Å². The first-order valence-electron chi connectivity index (χ1n) is 7.91. The number of nitrogens with one attached hydrogen (secondary N) is 2. The summed E-state index contributed by atoms with van der Waals surface area (Å²) in [6, 6.07) is 13.7. The Bertz CT molecular complexity index is 752. The first kappa shape index (κ1) is 18.2. The molecule has 0 atom stereocenters. The zero-order valence-corrected chi connectivity index (χ0v) is 14.2. The SMILES string of the molecule is CCc1ccc(NC(=O)COC(=O)c2ccc(NC(C)=O)cc2)cc1. The minimum atomic E-state index is -0.606. The average Bonchev–Trinajstić information content (AvgIpc) is 2.60. The summed E-state index contributed by atoms with van der Waals surface area (Å²) in [5, 5.41) is 5.27. The molecule has 0 unspecified atom stereocenters. The topological polar surface area (TPSA) is 84.5 Å². The highest BCUT2D eigenvalue weighted by Gasteiger charge is 2.10. The number of rotatable bonds is 6. The van der Waals surface area contributed by atoms with E-state index in [1.54, 1.807) is 24.3 Å². The highest BCUT2D eigenvalue weighted by Crippen LogP contribution is 2.12. The van der Waals surface area contributed by atoms with Crippen molar-refractivity contribution in [2.75, 3.05) is 17.2 Å². The molecular weight excluding hydrogens is 320 g/mol. The third-order valence-corrected chi connectivity index (χ3v) is 3.42. The summed E-state index contributed by atoms with van der Waals surface area (Å²) in [7, 11) is 0. The molecule has 2 aromatic rings. The second-order valence-corrected chi connectivity index (χ2v) is 5.43. The van der Waals surface area contributed by atoms with Gasteiger partial charge in [-0.25, -0.2) is 4.79 Å². The Morgan fingerprint density at radius 1 is 0.880 bits per heavy atom. The second-order valence-electron chi connectivity index (χ2n) is 5.43. The van der Waals surface area contributed by atoms with Crippen molar-refractivity contribution >= 4 is 29.2 Å². The van der Waals surface area contributed by atoms with E-state index in [0.29, 0.717) is 16.9 Å². The van der Waals surface area contributed by atoms with E-state index in [-0.39, 0.29) is 12.5 Å². The van der Waals surface area contributed by atoms with Crippen molar-refractivity contribution in [3.8, 4) is 0 Å². The van der Waals surface area contributed by atoms with Crippen molar-refractivity contribution in [2.45, 2.75) is 20.3 Å². The predicted molar refractivity (Wildman–Crippen MR) is 95.5 cm³/mol. The van der Waals surface area contributed by atoms with Crippen LogP contribution in [-0.4, -0.2) is 24.4 Å². The number of esters is 1. The number of aryl methyl sites for hydroxylation is 1. The number of hydrogen-bond acceptors (Lipinski definition) is 4. The van der Waals surface area contributed by atoms with Gasteiger partial charge < -0.3 is 15.4 Å². The van der Waals surface area contributed by atoms with E-state index < -0.39 is 11.9 Å². The normalized spacial score (nSPS) is 10.0. The van der Waals surface area contributed by atoms with Gasteiger partial charge >= 0.3 is 5.97 Å². The van der Waals surface area contributed by atoms with Crippen molar-refractivity contribution < 1.29 is 19.1 Å². The molecule has 130 valence electrons. The zero-order chi connectivity index (χ0) is 18.2. The number of hydrogen-bond donors (Lipinski definition) is 2. The van der Waals surface area contributed by atoms with E-state index in [9.17, 15) is 14.4 Å². The van der Waals surface area contributed by atoms with Crippen molar-refractivity contribution in [3.05, 3.63) is 59.7 Å². The molecule has 0 aromatic heterocycles. The lowest BCUT2D eigenvalue weighted by atomic mass is 10.1. The van der Waals surface area contributed by atoms with E-state index in [4.69, 9.17) is 4.74 Å². The summed E-state index contributed by atoms with van der Waals surface area (Å²) in [5.74, 6) is -1.21. The molecule has 0 saturated heterocycles. The van der Waals surface area contributed by atoms with Crippen LogP contribution in [0, 0.1) is 0 Å². The van der Waals surface area contributed by atoms with Gasteiger partial charge in [-0.2, -0.15) is 0 Å². The fraction of sp³-hybridized carbons (Fsp3) is 0.211.